The first-order valence-electron chi connectivity index (χ1n) is 9.25. The Bertz CT molecular complexity index is 867. The van der Waals surface area contributed by atoms with Crippen molar-refractivity contribution in [3.63, 3.8) is 0 Å². The van der Waals surface area contributed by atoms with Crippen LogP contribution in [0.3, 0.4) is 0 Å². The molecule has 0 saturated carbocycles. The van der Waals surface area contributed by atoms with E-state index in [1.54, 1.807) is 36.3 Å². The van der Waals surface area contributed by atoms with E-state index in [4.69, 9.17) is 9.47 Å². The zero-order valence-corrected chi connectivity index (χ0v) is 17.5. The summed E-state index contributed by atoms with van der Waals surface area (Å²) >= 11 is 3.45. The van der Waals surface area contributed by atoms with Crippen molar-refractivity contribution in [2.45, 2.75) is 26.2 Å². The summed E-state index contributed by atoms with van der Waals surface area (Å²) in [5.41, 5.74) is 1.95. The average Bonchev–Trinajstić information content (AvgIpc) is 3.13. The number of hydrogen-bond acceptors (Lipinski definition) is 4. The second kappa shape index (κ2) is 9.10. The number of ether oxygens (including phenoxy) is 2. The molecule has 1 aliphatic heterocycles. The Labute approximate surface area is 172 Å². The number of methoxy groups -OCH3 is 1. The number of benzene rings is 2. The number of nitrogens with zero attached hydrogens (tertiary/aromatic N) is 1. The predicted octanol–water partition coefficient (Wildman–Crippen LogP) is 4.63. The predicted molar refractivity (Wildman–Crippen MR) is 112 cm³/mol. The van der Waals surface area contributed by atoms with Gasteiger partial charge in [0, 0.05) is 29.9 Å². The Hall–Kier alpha value is -2.54. The van der Waals surface area contributed by atoms with Gasteiger partial charge in [-0.2, -0.15) is 0 Å². The first kappa shape index (κ1) is 20.2. The van der Waals surface area contributed by atoms with Crippen LogP contribution < -0.4 is 19.7 Å². The maximum absolute atomic E-state index is 12.7. The number of carbonyl (C=O) groups excluding carboxylic acids is 2. The van der Waals surface area contributed by atoms with Gasteiger partial charge >= 0.3 is 0 Å². The average molecular weight is 447 g/mol. The zero-order chi connectivity index (χ0) is 20.1. The number of hydrogen-bond donors (Lipinski definition) is 1. The number of amides is 2. The fraction of sp³-hybridized carbons (Fsp3) is 0.333. The molecular weight excluding hydrogens is 424 g/mol. The van der Waals surface area contributed by atoms with Crippen molar-refractivity contribution in [3.8, 4) is 11.5 Å². The van der Waals surface area contributed by atoms with Crippen LogP contribution in [0.25, 0.3) is 0 Å². The summed E-state index contributed by atoms with van der Waals surface area (Å²) in [7, 11) is 1.54. The lowest BCUT2D eigenvalue weighted by Gasteiger charge is -2.16. The van der Waals surface area contributed by atoms with Crippen molar-refractivity contribution < 1.29 is 19.1 Å². The minimum Gasteiger partial charge on any atom is -0.493 e. The van der Waals surface area contributed by atoms with Gasteiger partial charge < -0.3 is 19.7 Å². The van der Waals surface area contributed by atoms with Gasteiger partial charge in [-0.05, 0) is 65.2 Å². The van der Waals surface area contributed by atoms with Crippen LogP contribution in [-0.4, -0.2) is 32.1 Å². The molecule has 0 atom stereocenters. The molecule has 2 aromatic carbocycles. The molecule has 148 valence electrons. The Kier molecular flexibility index (Phi) is 6.57. The molecule has 1 heterocycles. The third-order valence-corrected chi connectivity index (χ3v) is 5.04. The number of anilines is 2. The van der Waals surface area contributed by atoms with E-state index in [0.717, 1.165) is 25.1 Å². The molecule has 2 amide bonds. The van der Waals surface area contributed by atoms with Crippen molar-refractivity contribution in [3.05, 3.63) is 46.4 Å². The molecule has 2 aromatic rings. The monoisotopic (exact) mass is 446 g/mol. The summed E-state index contributed by atoms with van der Waals surface area (Å²) in [5, 5.41) is 2.87. The topological polar surface area (TPSA) is 67.9 Å². The van der Waals surface area contributed by atoms with Crippen molar-refractivity contribution in [2.24, 2.45) is 0 Å². The number of carbonyl (C=O) groups is 2. The van der Waals surface area contributed by atoms with Crippen molar-refractivity contribution >= 4 is 39.1 Å². The molecule has 1 fully saturated rings. The quantitative estimate of drug-likeness (QED) is 0.673. The van der Waals surface area contributed by atoms with Gasteiger partial charge in [0.15, 0.2) is 11.5 Å². The smallest absolute Gasteiger partial charge is 0.255 e. The van der Waals surface area contributed by atoms with Gasteiger partial charge in [-0.15, -0.1) is 0 Å². The Morgan fingerprint density at radius 3 is 2.61 bits per heavy atom. The Morgan fingerprint density at radius 2 is 2.00 bits per heavy atom. The van der Waals surface area contributed by atoms with Crippen LogP contribution in [-0.2, 0) is 4.79 Å². The largest absolute Gasteiger partial charge is 0.493 e. The molecule has 3 rings (SSSR count). The summed E-state index contributed by atoms with van der Waals surface area (Å²) in [4.78, 5) is 26.3. The van der Waals surface area contributed by atoms with Crippen LogP contribution in [0.15, 0.2) is 40.9 Å². The second-order valence-electron chi connectivity index (χ2n) is 6.49. The fourth-order valence-corrected chi connectivity index (χ4v) is 3.60. The molecule has 0 bridgehead atoms. The lowest BCUT2D eigenvalue weighted by Crippen LogP contribution is -2.23. The first-order chi connectivity index (χ1) is 13.5. The molecule has 0 unspecified atom stereocenters. The fourth-order valence-electron chi connectivity index (χ4n) is 3.04. The van der Waals surface area contributed by atoms with Gasteiger partial charge in [0.1, 0.15) is 0 Å². The van der Waals surface area contributed by atoms with Crippen LogP contribution in [0.1, 0.15) is 36.5 Å². The van der Waals surface area contributed by atoms with Crippen LogP contribution >= 0.6 is 15.9 Å². The summed E-state index contributed by atoms with van der Waals surface area (Å²) < 4.78 is 11.7. The maximum atomic E-state index is 12.7. The molecule has 7 heteroatoms. The van der Waals surface area contributed by atoms with Gasteiger partial charge in [0.25, 0.3) is 5.91 Å². The summed E-state index contributed by atoms with van der Waals surface area (Å²) in [6, 6.07) is 10.6. The molecule has 0 aliphatic carbocycles. The molecule has 28 heavy (non-hydrogen) atoms. The summed E-state index contributed by atoms with van der Waals surface area (Å²) in [5.74, 6) is 0.960. The maximum Gasteiger partial charge on any atom is 0.255 e. The van der Waals surface area contributed by atoms with Crippen LogP contribution in [0.5, 0.6) is 11.5 Å². The highest BCUT2D eigenvalue weighted by atomic mass is 79.9. The Balaban J connectivity index is 1.73. The van der Waals surface area contributed by atoms with Gasteiger partial charge in [-0.25, -0.2) is 0 Å². The normalized spacial score (nSPS) is 13.5. The standard InChI is InChI=1S/C21H23BrN2O4/c1-3-11-28-20-17(22)12-14(13-18(20)27-2)21(26)23-15-6-8-16(9-7-15)24-10-4-5-19(24)25/h6-9,12-13H,3-5,10-11H2,1-2H3,(H,23,26). The van der Waals surface area contributed by atoms with E-state index in [1.807, 2.05) is 19.1 Å². The molecule has 1 aliphatic rings. The second-order valence-corrected chi connectivity index (χ2v) is 7.34. The van der Waals surface area contributed by atoms with Crippen LogP contribution in [0, 0.1) is 0 Å². The van der Waals surface area contributed by atoms with Gasteiger partial charge in [-0.3, -0.25) is 9.59 Å². The van der Waals surface area contributed by atoms with Crippen LogP contribution in [0.4, 0.5) is 11.4 Å². The van der Waals surface area contributed by atoms with Gasteiger partial charge in [-0.1, -0.05) is 6.92 Å². The van der Waals surface area contributed by atoms with E-state index in [2.05, 4.69) is 21.2 Å². The van der Waals surface area contributed by atoms with E-state index in [1.165, 1.54) is 0 Å². The summed E-state index contributed by atoms with van der Waals surface area (Å²) in [6.07, 6.45) is 2.34. The molecule has 0 spiro atoms. The molecule has 0 radical (unpaired) electrons. The number of nitrogens with one attached hydrogen (secondary N) is 1. The van der Waals surface area contributed by atoms with E-state index in [9.17, 15) is 9.59 Å². The highest BCUT2D eigenvalue weighted by Crippen LogP contribution is 2.37. The highest BCUT2D eigenvalue weighted by Gasteiger charge is 2.21. The third-order valence-electron chi connectivity index (χ3n) is 4.45. The van der Waals surface area contributed by atoms with E-state index < -0.39 is 0 Å². The molecule has 6 nitrogen and oxygen atoms in total. The SMILES string of the molecule is CCCOc1c(Br)cc(C(=O)Nc2ccc(N3CCCC3=O)cc2)cc1OC. The van der Waals surface area contributed by atoms with Crippen LogP contribution in [0.2, 0.25) is 0 Å². The lowest BCUT2D eigenvalue weighted by molar-refractivity contribution is -0.117. The number of rotatable bonds is 7. The third kappa shape index (κ3) is 4.47. The molecular formula is C21H23BrN2O4. The van der Waals surface area contributed by atoms with Gasteiger partial charge in [0.2, 0.25) is 5.91 Å². The van der Waals surface area contributed by atoms with Crippen molar-refractivity contribution in [1.29, 1.82) is 0 Å². The minimum atomic E-state index is -0.258. The minimum absolute atomic E-state index is 0.138. The van der Waals surface area contributed by atoms with Gasteiger partial charge in [0.05, 0.1) is 18.2 Å². The van der Waals surface area contributed by atoms with Crippen molar-refractivity contribution in [1.82, 2.24) is 0 Å². The highest BCUT2D eigenvalue weighted by molar-refractivity contribution is 9.10. The van der Waals surface area contributed by atoms with E-state index in [0.29, 0.717) is 40.3 Å². The van der Waals surface area contributed by atoms with Crippen molar-refractivity contribution in [2.75, 3.05) is 30.5 Å². The molecule has 1 N–H and O–H groups in total. The van der Waals surface area contributed by atoms with E-state index in [-0.39, 0.29) is 11.8 Å². The lowest BCUT2D eigenvalue weighted by atomic mass is 10.1. The number of halogens is 1. The first-order valence-corrected chi connectivity index (χ1v) is 10.0. The summed E-state index contributed by atoms with van der Waals surface area (Å²) in [6.45, 7) is 3.32. The Morgan fingerprint density at radius 1 is 1.25 bits per heavy atom. The molecule has 1 saturated heterocycles. The van der Waals surface area contributed by atoms with E-state index >= 15 is 0 Å². The zero-order valence-electron chi connectivity index (χ0n) is 16.0. The molecule has 0 aromatic heterocycles.